The van der Waals surface area contributed by atoms with Gasteiger partial charge in [-0.05, 0) is 56.3 Å². The maximum absolute atomic E-state index is 9.43. The summed E-state index contributed by atoms with van der Waals surface area (Å²) in [5.41, 5.74) is 2.31. The highest BCUT2D eigenvalue weighted by molar-refractivity contribution is 5.83. The average Bonchev–Trinajstić information content (AvgIpc) is 3.22. The summed E-state index contributed by atoms with van der Waals surface area (Å²) in [7, 11) is 0. The van der Waals surface area contributed by atoms with Crippen LogP contribution in [0, 0.1) is 0 Å². The molecule has 2 aromatic rings. The van der Waals surface area contributed by atoms with Gasteiger partial charge < -0.3 is 14.9 Å². The van der Waals surface area contributed by atoms with Gasteiger partial charge in [0, 0.05) is 30.4 Å². The van der Waals surface area contributed by atoms with Crippen molar-refractivity contribution in [1.82, 2.24) is 14.7 Å². The second-order valence-electron chi connectivity index (χ2n) is 6.26. The van der Waals surface area contributed by atoms with E-state index in [4.69, 9.17) is 0 Å². The molecule has 2 aliphatic rings. The van der Waals surface area contributed by atoms with Crippen LogP contribution in [0.5, 0.6) is 0 Å². The molecule has 0 atom stereocenters. The zero-order chi connectivity index (χ0) is 15.6. The molecule has 5 heteroatoms. The standard InChI is InChI=1S/C18H22N4O/c23-17-5-9-21(10-6-17)16-3-4-18-15(13-16)14-19-22(18)12-11-20-7-1-2-8-20/h3-6,9,13-14,23H,1-2,7-8,10-12H2. The number of anilines is 1. The molecule has 23 heavy (non-hydrogen) atoms. The predicted octanol–water partition coefficient (Wildman–Crippen LogP) is 2.91. The number of allylic oxidation sites excluding steroid dienone is 1. The van der Waals surface area contributed by atoms with Gasteiger partial charge in [-0.2, -0.15) is 5.10 Å². The summed E-state index contributed by atoms with van der Waals surface area (Å²) in [5.74, 6) is 0.331. The lowest BCUT2D eigenvalue weighted by Gasteiger charge is -2.21. The Morgan fingerprint density at radius 1 is 1.13 bits per heavy atom. The molecule has 0 aliphatic carbocycles. The maximum Gasteiger partial charge on any atom is 0.114 e. The molecule has 3 heterocycles. The van der Waals surface area contributed by atoms with E-state index >= 15 is 0 Å². The number of rotatable bonds is 4. The summed E-state index contributed by atoms with van der Waals surface area (Å²) >= 11 is 0. The van der Waals surface area contributed by atoms with Gasteiger partial charge in [-0.25, -0.2) is 0 Å². The normalized spacial score (nSPS) is 18.8. The average molecular weight is 310 g/mol. The molecular formula is C18H22N4O. The molecule has 1 saturated heterocycles. The van der Waals surface area contributed by atoms with E-state index in [-0.39, 0.29) is 0 Å². The quantitative estimate of drug-likeness (QED) is 0.943. The number of benzene rings is 1. The van der Waals surface area contributed by atoms with Crippen LogP contribution in [-0.4, -0.2) is 46.0 Å². The Morgan fingerprint density at radius 3 is 2.78 bits per heavy atom. The third-order valence-electron chi connectivity index (χ3n) is 4.71. The van der Waals surface area contributed by atoms with Crippen LogP contribution in [0.25, 0.3) is 10.9 Å². The minimum atomic E-state index is 0.331. The van der Waals surface area contributed by atoms with Crippen molar-refractivity contribution in [2.75, 3.05) is 31.1 Å². The number of hydrogen-bond donors (Lipinski definition) is 1. The van der Waals surface area contributed by atoms with Gasteiger partial charge in [0.1, 0.15) is 5.76 Å². The molecule has 1 aromatic carbocycles. The highest BCUT2D eigenvalue weighted by atomic mass is 16.3. The minimum absolute atomic E-state index is 0.331. The van der Waals surface area contributed by atoms with E-state index in [0.717, 1.165) is 24.2 Å². The van der Waals surface area contributed by atoms with Crippen molar-refractivity contribution in [1.29, 1.82) is 0 Å². The Bertz CT molecular complexity index is 755. The molecule has 0 unspecified atom stereocenters. The van der Waals surface area contributed by atoms with Gasteiger partial charge in [0.2, 0.25) is 0 Å². The fourth-order valence-electron chi connectivity index (χ4n) is 3.35. The summed E-state index contributed by atoms with van der Waals surface area (Å²) in [4.78, 5) is 4.62. The number of aliphatic hydroxyl groups excluding tert-OH is 1. The molecule has 120 valence electrons. The largest absolute Gasteiger partial charge is 0.508 e. The molecule has 0 spiro atoms. The number of nitrogens with zero attached hydrogens (tertiary/aromatic N) is 4. The van der Waals surface area contributed by atoms with Crippen molar-refractivity contribution in [3.63, 3.8) is 0 Å². The summed E-state index contributed by atoms with van der Waals surface area (Å²) < 4.78 is 2.11. The second kappa shape index (κ2) is 6.08. The van der Waals surface area contributed by atoms with Gasteiger partial charge in [-0.3, -0.25) is 4.68 Å². The first kappa shape index (κ1) is 14.3. The molecule has 0 radical (unpaired) electrons. The Balaban J connectivity index is 1.50. The van der Waals surface area contributed by atoms with Crippen molar-refractivity contribution in [3.05, 3.63) is 48.5 Å². The van der Waals surface area contributed by atoms with Crippen molar-refractivity contribution in [2.24, 2.45) is 0 Å². The maximum atomic E-state index is 9.43. The molecule has 0 saturated carbocycles. The topological polar surface area (TPSA) is 44.5 Å². The van der Waals surface area contributed by atoms with Crippen molar-refractivity contribution >= 4 is 16.6 Å². The van der Waals surface area contributed by atoms with Gasteiger partial charge in [0.15, 0.2) is 0 Å². The van der Waals surface area contributed by atoms with E-state index in [1.54, 1.807) is 6.08 Å². The van der Waals surface area contributed by atoms with Crippen LogP contribution >= 0.6 is 0 Å². The van der Waals surface area contributed by atoms with E-state index in [9.17, 15) is 5.11 Å². The molecule has 0 bridgehead atoms. The Hall–Kier alpha value is -2.27. The molecule has 4 rings (SSSR count). The minimum Gasteiger partial charge on any atom is -0.508 e. The summed E-state index contributed by atoms with van der Waals surface area (Å²) in [6.45, 7) is 5.17. The van der Waals surface area contributed by atoms with E-state index in [2.05, 4.69) is 37.8 Å². The first-order chi connectivity index (χ1) is 11.3. The number of aromatic nitrogens is 2. The molecule has 2 aliphatic heterocycles. The number of likely N-dealkylation sites (tertiary alicyclic amines) is 1. The van der Waals surface area contributed by atoms with Gasteiger partial charge >= 0.3 is 0 Å². The summed E-state index contributed by atoms with van der Waals surface area (Å²) in [6.07, 6.45) is 10.0. The smallest absolute Gasteiger partial charge is 0.114 e. The second-order valence-corrected chi connectivity index (χ2v) is 6.26. The zero-order valence-electron chi connectivity index (χ0n) is 13.2. The molecule has 1 N–H and O–H groups in total. The lowest BCUT2D eigenvalue weighted by atomic mass is 10.2. The van der Waals surface area contributed by atoms with Crippen molar-refractivity contribution in [2.45, 2.75) is 19.4 Å². The lowest BCUT2D eigenvalue weighted by Crippen LogP contribution is -2.24. The summed E-state index contributed by atoms with van der Waals surface area (Å²) in [6, 6.07) is 6.43. The van der Waals surface area contributed by atoms with Gasteiger partial charge in [-0.15, -0.1) is 0 Å². The SMILES string of the molecule is OC1=CCN(c2ccc3c(cnn3CCN3CCCC3)c2)C=C1. The van der Waals surface area contributed by atoms with Gasteiger partial charge in [0.25, 0.3) is 0 Å². The highest BCUT2D eigenvalue weighted by Gasteiger charge is 2.13. The Kier molecular flexibility index (Phi) is 3.79. The van der Waals surface area contributed by atoms with Crippen molar-refractivity contribution in [3.8, 4) is 0 Å². The van der Waals surface area contributed by atoms with E-state index < -0.39 is 0 Å². The van der Waals surface area contributed by atoms with E-state index in [1.165, 1.54) is 31.4 Å². The zero-order valence-corrected chi connectivity index (χ0v) is 13.2. The van der Waals surface area contributed by atoms with Crippen LogP contribution in [0.2, 0.25) is 0 Å². The Morgan fingerprint density at radius 2 is 2.00 bits per heavy atom. The fraction of sp³-hybridized carbons (Fsp3) is 0.389. The van der Waals surface area contributed by atoms with Crippen LogP contribution in [0.3, 0.4) is 0 Å². The number of hydrogen-bond acceptors (Lipinski definition) is 4. The fourth-order valence-corrected chi connectivity index (χ4v) is 3.35. The summed E-state index contributed by atoms with van der Waals surface area (Å²) in [5, 5.41) is 15.1. The third kappa shape index (κ3) is 2.97. The predicted molar refractivity (Wildman–Crippen MR) is 92.6 cm³/mol. The van der Waals surface area contributed by atoms with Gasteiger partial charge in [0.05, 0.1) is 18.3 Å². The van der Waals surface area contributed by atoms with Crippen LogP contribution < -0.4 is 4.90 Å². The monoisotopic (exact) mass is 310 g/mol. The van der Waals surface area contributed by atoms with E-state index in [0.29, 0.717) is 12.3 Å². The Labute approximate surface area is 136 Å². The molecule has 0 amide bonds. The number of aliphatic hydroxyl groups is 1. The molecule has 1 aromatic heterocycles. The molecule has 1 fully saturated rings. The van der Waals surface area contributed by atoms with Crippen molar-refractivity contribution < 1.29 is 5.11 Å². The van der Waals surface area contributed by atoms with Gasteiger partial charge in [-0.1, -0.05) is 0 Å². The first-order valence-corrected chi connectivity index (χ1v) is 8.31. The van der Waals surface area contributed by atoms with Crippen LogP contribution in [-0.2, 0) is 6.54 Å². The first-order valence-electron chi connectivity index (χ1n) is 8.31. The highest BCUT2D eigenvalue weighted by Crippen LogP contribution is 2.24. The van der Waals surface area contributed by atoms with Crippen LogP contribution in [0.1, 0.15) is 12.8 Å². The van der Waals surface area contributed by atoms with Crippen LogP contribution in [0.4, 0.5) is 5.69 Å². The van der Waals surface area contributed by atoms with Crippen LogP contribution in [0.15, 0.2) is 48.5 Å². The third-order valence-corrected chi connectivity index (χ3v) is 4.71. The molecular weight excluding hydrogens is 288 g/mol. The lowest BCUT2D eigenvalue weighted by molar-refractivity contribution is 0.318. The number of fused-ring (bicyclic) bond motifs is 1. The van der Waals surface area contributed by atoms with E-state index in [1.807, 2.05) is 18.5 Å². The molecule has 5 nitrogen and oxygen atoms in total.